The summed E-state index contributed by atoms with van der Waals surface area (Å²) in [7, 11) is 0. The number of carbonyl (C=O) groups is 1. The minimum atomic E-state index is -0.0976. The van der Waals surface area contributed by atoms with Gasteiger partial charge in [-0.15, -0.1) is 0 Å². The molecule has 16 heavy (non-hydrogen) atoms. The van der Waals surface area contributed by atoms with Crippen molar-refractivity contribution in [2.75, 3.05) is 0 Å². The van der Waals surface area contributed by atoms with Crippen molar-refractivity contribution in [3.63, 3.8) is 0 Å². The van der Waals surface area contributed by atoms with Crippen molar-refractivity contribution in [1.82, 2.24) is 14.9 Å². The van der Waals surface area contributed by atoms with Crippen LogP contribution in [-0.2, 0) is 11.3 Å². The number of nitrogens with one attached hydrogen (secondary N) is 1. The Balaban J connectivity index is 2.07. The highest BCUT2D eigenvalue weighted by Crippen LogP contribution is 2.05. The van der Waals surface area contributed by atoms with Crippen LogP contribution in [0.1, 0.15) is 12.6 Å². The Labute approximate surface area is 93.6 Å². The number of hydrogen-bond acceptors (Lipinski definition) is 2. The molecule has 0 unspecified atom stereocenters. The number of carbonyl (C=O) groups excluding carboxylic acids is 1. The normalized spacial score (nSPS) is 11.1. The van der Waals surface area contributed by atoms with Crippen LogP contribution in [0.3, 0.4) is 0 Å². The molecule has 2 aromatic heterocycles. The summed E-state index contributed by atoms with van der Waals surface area (Å²) < 4.78 is 1.79. The first-order chi connectivity index (χ1) is 7.79. The molecule has 2 rings (SSSR count). The van der Waals surface area contributed by atoms with Crippen LogP contribution in [-0.4, -0.2) is 15.5 Å². The lowest BCUT2D eigenvalue weighted by molar-refractivity contribution is -0.116. The molecule has 82 valence electrons. The van der Waals surface area contributed by atoms with Gasteiger partial charge in [0.05, 0.1) is 17.8 Å². The minimum absolute atomic E-state index is 0.0976. The fourth-order valence-electron chi connectivity index (χ4n) is 1.47. The summed E-state index contributed by atoms with van der Waals surface area (Å²) in [5, 5.41) is 7.08. The molecular weight excluding hydrogens is 202 g/mol. The monoisotopic (exact) mass is 215 g/mol. The summed E-state index contributed by atoms with van der Waals surface area (Å²) in [4.78, 5) is 11.2. The molecule has 1 amide bonds. The van der Waals surface area contributed by atoms with Gasteiger partial charge in [0.2, 0.25) is 5.91 Å². The van der Waals surface area contributed by atoms with Gasteiger partial charge in [0, 0.05) is 6.20 Å². The third-order valence-electron chi connectivity index (χ3n) is 2.18. The Bertz CT molecular complexity index is 495. The van der Waals surface area contributed by atoms with Crippen LogP contribution in [0.4, 0.5) is 0 Å². The van der Waals surface area contributed by atoms with Gasteiger partial charge >= 0.3 is 0 Å². The number of pyridine rings is 1. The molecule has 0 fully saturated rings. The molecule has 1 N–H and O–H groups in total. The molecule has 0 radical (unpaired) electrons. The fraction of sp³-hybridized carbons (Fsp3) is 0.167. The van der Waals surface area contributed by atoms with Crippen molar-refractivity contribution in [1.29, 1.82) is 0 Å². The summed E-state index contributed by atoms with van der Waals surface area (Å²) in [5.41, 5.74) is 1.88. The van der Waals surface area contributed by atoms with E-state index < -0.39 is 0 Å². The molecule has 0 aliphatic rings. The van der Waals surface area contributed by atoms with E-state index in [0.29, 0.717) is 6.54 Å². The summed E-state index contributed by atoms with van der Waals surface area (Å²) in [6.07, 6.45) is 5.08. The Morgan fingerprint density at radius 3 is 3.19 bits per heavy atom. The van der Waals surface area contributed by atoms with Gasteiger partial charge in [0.15, 0.2) is 0 Å². The van der Waals surface area contributed by atoms with Gasteiger partial charge in [-0.2, -0.15) is 5.10 Å². The smallest absolute Gasteiger partial charge is 0.243 e. The van der Waals surface area contributed by atoms with E-state index in [1.807, 2.05) is 37.4 Å². The summed E-state index contributed by atoms with van der Waals surface area (Å²) in [6.45, 7) is 2.26. The standard InChI is InChI=1S/C12H13N3O/c1-2-5-12(16)13-9-10-8-11-6-3-4-7-15(11)14-10/h2-8H,9H2,1H3,(H,13,16). The Hall–Kier alpha value is -2.10. The lowest BCUT2D eigenvalue weighted by Gasteiger charge is -1.97. The molecule has 0 aliphatic carbocycles. The number of aromatic nitrogens is 2. The second kappa shape index (κ2) is 4.61. The first-order valence-corrected chi connectivity index (χ1v) is 5.13. The lowest BCUT2D eigenvalue weighted by atomic mass is 10.3. The molecule has 0 saturated carbocycles. The van der Waals surface area contributed by atoms with Gasteiger partial charge in [-0.1, -0.05) is 12.1 Å². The molecule has 0 aromatic carbocycles. The fourth-order valence-corrected chi connectivity index (χ4v) is 1.47. The van der Waals surface area contributed by atoms with E-state index in [9.17, 15) is 4.79 Å². The van der Waals surface area contributed by atoms with E-state index in [-0.39, 0.29) is 5.91 Å². The molecule has 0 spiro atoms. The van der Waals surface area contributed by atoms with E-state index >= 15 is 0 Å². The maximum Gasteiger partial charge on any atom is 0.243 e. The average Bonchev–Trinajstić information content (AvgIpc) is 2.69. The van der Waals surface area contributed by atoms with Crippen molar-refractivity contribution in [2.45, 2.75) is 13.5 Å². The van der Waals surface area contributed by atoms with Crippen molar-refractivity contribution >= 4 is 11.4 Å². The van der Waals surface area contributed by atoms with E-state index in [0.717, 1.165) is 11.2 Å². The van der Waals surface area contributed by atoms with E-state index in [4.69, 9.17) is 0 Å². The first-order valence-electron chi connectivity index (χ1n) is 5.13. The van der Waals surface area contributed by atoms with E-state index in [2.05, 4.69) is 10.4 Å². The SMILES string of the molecule is CC=CC(=O)NCc1cc2ccccn2n1. The molecule has 0 saturated heterocycles. The van der Waals surface area contributed by atoms with Gasteiger partial charge in [0.25, 0.3) is 0 Å². The zero-order valence-corrected chi connectivity index (χ0v) is 9.05. The molecule has 0 bridgehead atoms. The third-order valence-corrected chi connectivity index (χ3v) is 2.18. The van der Waals surface area contributed by atoms with Crippen LogP contribution in [0, 0.1) is 0 Å². The summed E-state index contributed by atoms with van der Waals surface area (Å²) >= 11 is 0. The summed E-state index contributed by atoms with van der Waals surface area (Å²) in [5.74, 6) is -0.0976. The summed E-state index contributed by atoms with van der Waals surface area (Å²) in [6, 6.07) is 7.81. The predicted molar refractivity (Wildman–Crippen MR) is 61.9 cm³/mol. The first kappa shape index (κ1) is 10.4. The minimum Gasteiger partial charge on any atom is -0.347 e. The van der Waals surface area contributed by atoms with Crippen molar-refractivity contribution in [3.05, 3.63) is 48.3 Å². The molecule has 2 aromatic rings. The Kier molecular flexibility index (Phi) is 3.00. The van der Waals surface area contributed by atoms with Crippen LogP contribution in [0.25, 0.3) is 5.52 Å². The van der Waals surface area contributed by atoms with E-state index in [1.165, 1.54) is 6.08 Å². The van der Waals surface area contributed by atoms with Crippen molar-refractivity contribution in [3.8, 4) is 0 Å². The van der Waals surface area contributed by atoms with Gasteiger partial charge in [-0.3, -0.25) is 4.79 Å². The zero-order chi connectivity index (χ0) is 11.4. The molecule has 4 heteroatoms. The van der Waals surface area contributed by atoms with Gasteiger partial charge < -0.3 is 5.32 Å². The highest BCUT2D eigenvalue weighted by Gasteiger charge is 2.01. The van der Waals surface area contributed by atoms with Crippen LogP contribution >= 0.6 is 0 Å². The number of hydrogen-bond donors (Lipinski definition) is 1. The van der Waals surface area contributed by atoms with Crippen LogP contribution in [0.15, 0.2) is 42.6 Å². The quantitative estimate of drug-likeness (QED) is 0.789. The molecule has 2 heterocycles. The number of allylic oxidation sites excluding steroid dienone is 1. The number of amides is 1. The average molecular weight is 215 g/mol. The lowest BCUT2D eigenvalue weighted by Crippen LogP contribution is -2.20. The van der Waals surface area contributed by atoms with Crippen LogP contribution < -0.4 is 5.32 Å². The van der Waals surface area contributed by atoms with Crippen LogP contribution in [0.2, 0.25) is 0 Å². The van der Waals surface area contributed by atoms with E-state index in [1.54, 1.807) is 10.6 Å². The highest BCUT2D eigenvalue weighted by atomic mass is 16.1. The third kappa shape index (κ3) is 2.28. The largest absolute Gasteiger partial charge is 0.347 e. The number of nitrogens with zero attached hydrogens (tertiary/aromatic N) is 2. The maximum absolute atomic E-state index is 11.2. The number of rotatable bonds is 3. The maximum atomic E-state index is 11.2. The van der Waals surface area contributed by atoms with Gasteiger partial charge in [-0.05, 0) is 31.2 Å². The number of fused-ring (bicyclic) bond motifs is 1. The second-order valence-electron chi connectivity index (χ2n) is 3.42. The van der Waals surface area contributed by atoms with Crippen molar-refractivity contribution in [2.24, 2.45) is 0 Å². The Morgan fingerprint density at radius 2 is 2.44 bits per heavy atom. The Morgan fingerprint density at radius 1 is 1.56 bits per heavy atom. The molecule has 0 atom stereocenters. The van der Waals surface area contributed by atoms with Gasteiger partial charge in [-0.25, -0.2) is 4.52 Å². The van der Waals surface area contributed by atoms with Crippen LogP contribution in [0.5, 0.6) is 0 Å². The zero-order valence-electron chi connectivity index (χ0n) is 9.05. The van der Waals surface area contributed by atoms with Crippen molar-refractivity contribution < 1.29 is 4.79 Å². The molecular formula is C12H13N3O. The topological polar surface area (TPSA) is 46.4 Å². The second-order valence-corrected chi connectivity index (χ2v) is 3.42. The predicted octanol–water partition coefficient (Wildman–Crippen LogP) is 1.53. The molecule has 0 aliphatic heterocycles. The highest BCUT2D eigenvalue weighted by molar-refractivity contribution is 5.87. The van der Waals surface area contributed by atoms with Gasteiger partial charge in [0.1, 0.15) is 0 Å². The molecule has 4 nitrogen and oxygen atoms in total.